The molecule has 26 heavy (non-hydrogen) atoms. The van der Waals surface area contributed by atoms with E-state index in [1.54, 1.807) is 12.3 Å². The number of nitrogens with one attached hydrogen (secondary N) is 1. The van der Waals surface area contributed by atoms with Crippen LogP contribution >= 0.6 is 31.9 Å². The normalized spacial score (nSPS) is 14.2. The fourth-order valence-electron chi connectivity index (χ4n) is 2.83. The summed E-state index contributed by atoms with van der Waals surface area (Å²) in [6.07, 6.45) is 3.46. The molecule has 5 nitrogen and oxygen atoms in total. The van der Waals surface area contributed by atoms with Gasteiger partial charge in [-0.05, 0) is 42.0 Å². The van der Waals surface area contributed by atoms with Gasteiger partial charge in [-0.1, -0.05) is 44.0 Å². The van der Waals surface area contributed by atoms with Gasteiger partial charge >= 0.3 is 5.69 Å². The van der Waals surface area contributed by atoms with E-state index in [2.05, 4.69) is 41.8 Å². The Labute approximate surface area is 166 Å². The maximum atomic E-state index is 12.3. The molecule has 0 bridgehead atoms. The van der Waals surface area contributed by atoms with Crippen LogP contribution in [-0.2, 0) is 6.54 Å². The molecule has 0 spiro atoms. The molecule has 0 atom stereocenters. The Kier molecular flexibility index (Phi) is 4.42. The summed E-state index contributed by atoms with van der Waals surface area (Å²) in [7, 11) is 0. The molecular weight excluding hydrogens is 462 g/mol. The Bertz CT molecular complexity index is 1110. The fraction of sp³-hybridized carbons (Fsp3) is 0.0526. The quantitative estimate of drug-likeness (QED) is 0.576. The highest BCUT2D eigenvalue weighted by Crippen LogP contribution is 2.35. The van der Waals surface area contributed by atoms with E-state index in [1.165, 1.54) is 4.57 Å². The topological polar surface area (TPSA) is 70.4 Å². The van der Waals surface area contributed by atoms with Crippen LogP contribution in [0.5, 0.6) is 5.88 Å². The van der Waals surface area contributed by atoms with Crippen molar-refractivity contribution in [1.29, 1.82) is 0 Å². The molecule has 0 saturated carbocycles. The number of aromatic hydroxyl groups is 1. The van der Waals surface area contributed by atoms with Gasteiger partial charge < -0.3 is 10.1 Å². The number of imidazole rings is 1. The summed E-state index contributed by atoms with van der Waals surface area (Å²) in [5, 5.41) is 10.5. The van der Waals surface area contributed by atoms with Crippen LogP contribution in [0.25, 0.3) is 11.6 Å². The molecule has 0 amide bonds. The van der Waals surface area contributed by atoms with Crippen LogP contribution in [0.1, 0.15) is 16.8 Å². The van der Waals surface area contributed by atoms with Crippen LogP contribution in [0.3, 0.4) is 0 Å². The van der Waals surface area contributed by atoms with Crippen LogP contribution < -0.4 is 5.69 Å². The van der Waals surface area contributed by atoms with E-state index in [4.69, 9.17) is 0 Å². The standard InChI is InChI=1S/C19H13Br2N3O2/c20-13-3-1-11(2-4-13)10-24-18(25)17(23-19(24)26)7-12-9-22-16-6-5-14(21)8-15(12)16/h1-9,25H,10H2,(H,23,26). The number of nitrogens with zero attached hydrogens (tertiary/aromatic N) is 2. The van der Waals surface area contributed by atoms with Gasteiger partial charge in [0.2, 0.25) is 5.88 Å². The van der Waals surface area contributed by atoms with Gasteiger partial charge in [-0.25, -0.2) is 4.79 Å². The van der Waals surface area contributed by atoms with Crippen molar-refractivity contribution >= 4 is 55.4 Å². The maximum Gasteiger partial charge on any atom is 0.329 e. The molecular formula is C19H13Br2N3O2. The van der Waals surface area contributed by atoms with Crippen LogP contribution in [0.4, 0.5) is 5.69 Å². The minimum absolute atomic E-state index is 0.0951. The lowest BCUT2D eigenvalue weighted by molar-refractivity contribution is 0.420. The van der Waals surface area contributed by atoms with Gasteiger partial charge in [0.1, 0.15) is 5.69 Å². The number of rotatable bonds is 3. The van der Waals surface area contributed by atoms with Gasteiger partial charge in [-0.2, -0.15) is 0 Å². The first-order chi connectivity index (χ1) is 12.5. The molecule has 2 heterocycles. The van der Waals surface area contributed by atoms with Crippen molar-refractivity contribution in [2.24, 2.45) is 4.99 Å². The first-order valence-electron chi connectivity index (χ1n) is 7.83. The first-order valence-corrected chi connectivity index (χ1v) is 9.42. The van der Waals surface area contributed by atoms with Crippen molar-refractivity contribution in [3.05, 3.63) is 78.7 Å². The Balaban J connectivity index is 1.70. The summed E-state index contributed by atoms with van der Waals surface area (Å²) in [6, 6.07) is 13.4. The number of H-pyrrole nitrogens is 1. The summed E-state index contributed by atoms with van der Waals surface area (Å²) in [5.41, 5.74) is 3.55. The first kappa shape index (κ1) is 17.1. The predicted molar refractivity (Wildman–Crippen MR) is 110 cm³/mol. The summed E-state index contributed by atoms with van der Waals surface area (Å²) < 4.78 is 3.21. The second-order valence-corrected chi connectivity index (χ2v) is 7.73. The molecule has 1 aliphatic heterocycles. The minimum Gasteiger partial charge on any atom is -0.493 e. The summed E-state index contributed by atoms with van der Waals surface area (Å²) >= 11 is 6.84. The SMILES string of the molecule is O=c1[nH]c(C=C2C=Nc3ccc(Br)cc32)c(O)n1Cc1ccc(Br)cc1. The zero-order valence-electron chi connectivity index (χ0n) is 13.4. The molecule has 0 saturated heterocycles. The number of aliphatic imine (C=N–C) groups is 1. The van der Waals surface area contributed by atoms with Gasteiger partial charge in [-0.3, -0.25) is 9.56 Å². The van der Waals surface area contributed by atoms with Gasteiger partial charge in [0.05, 0.1) is 12.2 Å². The Morgan fingerprint density at radius 1 is 1.12 bits per heavy atom. The Hall–Kier alpha value is -2.38. The summed E-state index contributed by atoms with van der Waals surface area (Å²) in [5.74, 6) is -0.0951. The van der Waals surface area contributed by atoms with Crippen molar-refractivity contribution in [3.63, 3.8) is 0 Å². The van der Waals surface area contributed by atoms with E-state index >= 15 is 0 Å². The second kappa shape index (κ2) is 6.74. The molecule has 0 aliphatic carbocycles. The number of halogens is 2. The summed E-state index contributed by atoms with van der Waals surface area (Å²) in [6.45, 7) is 0.286. The Morgan fingerprint density at radius 3 is 2.62 bits per heavy atom. The number of allylic oxidation sites excluding steroid dienone is 1. The van der Waals surface area contributed by atoms with Crippen molar-refractivity contribution in [3.8, 4) is 5.88 Å². The van der Waals surface area contributed by atoms with Crippen molar-refractivity contribution in [1.82, 2.24) is 9.55 Å². The van der Waals surface area contributed by atoms with Gasteiger partial charge in [0, 0.05) is 26.3 Å². The smallest absolute Gasteiger partial charge is 0.329 e. The van der Waals surface area contributed by atoms with E-state index in [-0.39, 0.29) is 18.1 Å². The van der Waals surface area contributed by atoms with Gasteiger partial charge in [0.25, 0.3) is 0 Å². The van der Waals surface area contributed by atoms with E-state index < -0.39 is 0 Å². The van der Waals surface area contributed by atoms with Gasteiger partial charge in [0.15, 0.2) is 0 Å². The maximum absolute atomic E-state index is 12.3. The van der Waals surface area contributed by atoms with Gasteiger partial charge in [-0.15, -0.1) is 0 Å². The van der Waals surface area contributed by atoms with E-state index in [0.29, 0.717) is 5.69 Å². The van der Waals surface area contributed by atoms with Crippen molar-refractivity contribution < 1.29 is 5.11 Å². The highest BCUT2D eigenvalue weighted by molar-refractivity contribution is 9.10. The highest BCUT2D eigenvalue weighted by atomic mass is 79.9. The summed E-state index contributed by atoms with van der Waals surface area (Å²) in [4.78, 5) is 19.3. The molecule has 3 aromatic rings. The lowest BCUT2D eigenvalue weighted by Gasteiger charge is -2.04. The molecule has 7 heteroatoms. The average molecular weight is 475 g/mol. The Morgan fingerprint density at radius 2 is 1.85 bits per heavy atom. The second-order valence-electron chi connectivity index (χ2n) is 5.90. The largest absolute Gasteiger partial charge is 0.493 e. The van der Waals surface area contributed by atoms with Crippen molar-refractivity contribution in [2.75, 3.05) is 0 Å². The number of benzene rings is 2. The molecule has 2 aromatic carbocycles. The average Bonchev–Trinajstić information content (AvgIpc) is 3.13. The molecule has 1 aliphatic rings. The third-order valence-corrected chi connectivity index (χ3v) is 5.17. The molecule has 0 fully saturated rings. The molecule has 0 radical (unpaired) electrons. The lowest BCUT2D eigenvalue weighted by Crippen LogP contribution is -2.17. The van der Waals surface area contributed by atoms with E-state index in [1.807, 2.05) is 42.5 Å². The van der Waals surface area contributed by atoms with Crippen LogP contribution in [0.15, 0.2) is 61.2 Å². The fourth-order valence-corrected chi connectivity index (χ4v) is 3.46. The molecule has 1 aromatic heterocycles. The molecule has 2 N–H and O–H groups in total. The number of aromatic amines is 1. The highest BCUT2D eigenvalue weighted by Gasteiger charge is 2.16. The van der Waals surface area contributed by atoms with Crippen LogP contribution in [0, 0.1) is 0 Å². The third-order valence-electron chi connectivity index (χ3n) is 4.15. The number of hydrogen-bond donors (Lipinski definition) is 2. The van der Waals surface area contributed by atoms with E-state index in [0.717, 1.165) is 31.3 Å². The number of hydrogen-bond acceptors (Lipinski definition) is 3. The number of aromatic nitrogens is 2. The zero-order valence-corrected chi connectivity index (χ0v) is 16.6. The molecule has 130 valence electrons. The minimum atomic E-state index is -0.360. The zero-order chi connectivity index (χ0) is 18.3. The third kappa shape index (κ3) is 3.20. The van der Waals surface area contributed by atoms with Crippen LogP contribution in [-0.4, -0.2) is 20.9 Å². The van der Waals surface area contributed by atoms with Crippen molar-refractivity contribution in [2.45, 2.75) is 6.54 Å². The van der Waals surface area contributed by atoms with Crippen LogP contribution in [0.2, 0.25) is 0 Å². The number of fused-ring (bicyclic) bond motifs is 1. The molecule has 0 unspecified atom stereocenters. The monoisotopic (exact) mass is 473 g/mol. The predicted octanol–water partition coefficient (Wildman–Crippen LogP) is 4.71. The van der Waals surface area contributed by atoms with E-state index in [9.17, 15) is 9.90 Å². The lowest BCUT2D eigenvalue weighted by atomic mass is 10.1. The molecule has 4 rings (SSSR count).